The summed E-state index contributed by atoms with van der Waals surface area (Å²) in [5, 5.41) is 0. The third-order valence-corrected chi connectivity index (χ3v) is 0.848. The van der Waals surface area contributed by atoms with Crippen molar-refractivity contribution in [1.29, 1.82) is 0 Å². The maximum absolute atomic E-state index is 10.4. The van der Waals surface area contributed by atoms with Crippen molar-refractivity contribution >= 4 is 5.97 Å². The van der Waals surface area contributed by atoms with Crippen molar-refractivity contribution in [1.82, 2.24) is 0 Å². The van der Waals surface area contributed by atoms with Crippen LogP contribution in [0.4, 0.5) is 0 Å². The molecule has 0 fully saturated rings. The minimum Gasteiger partial charge on any atom is -0.462 e. The highest BCUT2D eigenvalue weighted by Gasteiger charge is 1.91. The lowest BCUT2D eigenvalue weighted by Crippen LogP contribution is -1.94. The van der Waals surface area contributed by atoms with Gasteiger partial charge in [0.15, 0.2) is 0 Å². The molecular weight excluding hydrogens is 116 g/mol. The minimum absolute atomic E-state index is 0.292. The van der Waals surface area contributed by atoms with Gasteiger partial charge in [-0.2, -0.15) is 0 Å². The molecule has 0 heterocycles. The molecule has 0 aliphatic rings. The number of rotatable bonds is 3. The van der Waals surface area contributed by atoms with E-state index in [1.54, 1.807) is 6.08 Å². The molecule has 0 amide bonds. The molecule has 2 nitrogen and oxygen atoms in total. The number of ether oxygens (including phenoxy) is 1. The molecule has 0 aromatic heterocycles. The normalized spacial score (nSPS) is 10.0. The average molecular weight is 127 g/mol. The lowest BCUT2D eigenvalue weighted by atomic mass is 10.3. The van der Waals surface area contributed by atoms with E-state index < -0.39 is 0 Å². The second-order valence-electron chi connectivity index (χ2n) is 1.60. The summed E-state index contributed by atoms with van der Waals surface area (Å²) < 4.78 is 4.16. The zero-order valence-electron chi connectivity index (χ0n) is 5.59. The quantitative estimate of drug-likeness (QED) is 0.426. The lowest BCUT2D eigenvalue weighted by Gasteiger charge is -1.89. The van der Waals surface area contributed by atoms with Gasteiger partial charge in [-0.15, -0.1) is 0 Å². The SMILES string of the molecule is [CH2]OC(=O)CC=CCC. The summed E-state index contributed by atoms with van der Waals surface area (Å²) in [6, 6.07) is 0. The van der Waals surface area contributed by atoms with Crippen molar-refractivity contribution in [3.8, 4) is 0 Å². The molecule has 2 heteroatoms. The molecule has 0 saturated carbocycles. The van der Waals surface area contributed by atoms with Crippen molar-refractivity contribution in [2.45, 2.75) is 19.8 Å². The highest BCUT2D eigenvalue weighted by atomic mass is 16.5. The molecule has 0 bridgehead atoms. The van der Waals surface area contributed by atoms with Crippen LogP contribution in [-0.4, -0.2) is 5.97 Å². The molecule has 0 aliphatic carbocycles. The highest BCUT2D eigenvalue weighted by molar-refractivity contribution is 5.71. The Morgan fingerprint density at radius 2 is 2.33 bits per heavy atom. The van der Waals surface area contributed by atoms with Crippen LogP contribution in [-0.2, 0) is 9.53 Å². The van der Waals surface area contributed by atoms with Gasteiger partial charge in [0.2, 0.25) is 0 Å². The molecule has 1 radical (unpaired) electrons. The fourth-order valence-corrected chi connectivity index (χ4v) is 0.405. The predicted octanol–water partition coefficient (Wildman–Crippen LogP) is 1.68. The Labute approximate surface area is 55.5 Å². The van der Waals surface area contributed by atoms with Gasteiger partial charge < -0.3 is 4.74 Å². The molecule has 51 valence electrons. The van der Waals surface area contributed by atoms with E-state index in [1.807, 2.05) is 13.0 Å². The average Bonchev–Trinajstić information content (AvgIpc) is 1.89. The van der Waals surface area contributed by atoms with Crippen LogP contribution in [0.15, 0.2) is 12.2 Å². The molecular formula is C7H11O2. The summed E-state index contributed by atoms with van der Waals surface area (Å²) in [6.07, 6.45) is 4.96. The fourth-order valence-electron chi connectivity index (χ4n) is 0.405. The standard InChI is InChI=1S/C7H11O2/c1-3-4-5-6-7(8)9-2/h4-5H,2-3,6H2,1H3. The van der Waals surface area contributed by atoms with Crippen LogP contribution >= 0.6 is 0 Å². The largest absolute Gasteiger partial charge is 0.462 e. The van der Waals surface area contributed by atoms with Crippen LogP contribution in [0.25, 0.3) is 0 Å². The Balaban J connectivity index is 3.26. The van der Waals surface area contributed by atoms with E-state index in [2.05, 4.69) is 11.8 Å². The first-order chi connectivity index (χ1) is 4.31. The maximum atomic E-state index is 10.4. The smallest absolute Gasteiger partial charge is 0.309 e. The summed E-state index contributed by atoms with van der Waals surface area (Å²) in [5.74, 6) is -0.292. The van der Waals surface area contributed by atoms with E-state index in [9.17, 15) is 4.79 Å². The van der Waals surface area contributed by atoms with Crippen molar-refractivity contribution in [3.05, 3.63) is 19.3 Å². The van der Waals surface area contributed by atoms with E-state index in [0.717, 1.165) is 6.42 Å². The van der Waals surface area contributed by atoms with E-state index in [4.69, 9.17) is 0 Å². The highest BCUT2D eigenvalue weighted by Crippen LogP contribution is 1.88. The summed E-state index contributed by atoms with van der Waals surface area (Å²) in [5.41, 5.74) is 0. The molecule has 0 atom stereocenters. The van der Waals surface area contributed by atoms with Crippen LogP contribution in [0.5, 0.6) is 0 Å². The topological polar surface area (TPSA) is 26.3 Å². The van der Waals surface area contributed by atoms with Gasteiger partial charge in [-0.3, -0.25) is 4.79 Å². The van der Waals surface area contributed by atoms with Gasteiger partial charge in [0, 0.05) is 0 Å². The van der Waals surface area contributed by atoms with Gasteiger partial charge in [0.1, 0.15) is 7.11 Å². The Hall–Kier alpha value is -0.790. The van der Waals surface area contributed by atoms with Crippen LogP contribution in [0.2, 0.25) is 0 Å². The molecule has 0 aliphatic heterocycles. The van der Waals surface area contributed by atoms with Crippen LogP contribution in [0, 0.1) is 7.11 Å². The van der Waals surface area contributed by atoms with Crippen molar-refractivity contribution < 1.29 is 9.53 Å². The Bertz CT molecular complexity index is 105. The Morgan fingerprint density at radius 3 is 2.78 bits per heavy atom. The fraction of sp³-hybridized carbons (Fsp3) is 0.429. The maximum Gasteiger partial charge on any atom is 0.309 e. The second-order valence-corrected chi connectivity index (χ2v) is 1.60. The van der Waals surface area contributed by atoms with E-state index in [0.29, 0.717) is 6.42 Å². The molecule has 0 aromatic carbocycles. The first kappa shape index (κ1) is 8.21. The molecule has 9 heavy (non-hydrogen) atoms. The summed E-state index contributed by atoms with van der Waals surface area (Å²) >= 11 is 0. The Morgan fingerprint density at radius 1 is 1.67 bits per heavy atom. The minimum atomic E-state index is -0.292. The molecule has 0 N–H and O–H groups in total. The van der Waals surface area contributed by atoms with Crippen LogP contribution < -0.4 is 0 Å². The number of esters is 1. The lowest BCUT2D eigenvalue weighted by molar-refractivity contribution is -0.137. The molecule has 0 rings (SSSR count). The zero-order chi connectivity index (χ0) is 7.11. The number of hydrogen-bond donors (Lipinski definition) is 0. The zero-order valence-corrected chi connectivity index (χ0v) is 5.59. The third-order valence-electron chi connectivity index (χ3n) is 0.848. The first-order valence-electron chi connectivity index (χ1n) is 2.91. The van der Waals surface area contributed by atoms with Gasteiger partial charge in [-0.05, 0) is 6.42 Å². The van der Waals surface area contributed by atoms with Crippen molar-refractivity contribution in [3.63, 3.8) is 0 Å². The second kappa shape index (κ2) is 5.35. The summed E-state index contributed by atoms with van der Waals surface area (Å²) in [4.78, 5) is 10.4. The van der Waals surface area contributed by atoms with Gasteiger partial charge in [-0.1, -0.05) is 19.1 Å². The van der Waals surface area contributed by atoms with Crippen LogP contribution in [0.3, 0.4) is 0 Å². The van der Waals surface area contributed by atoms with Crippen molar-refractivity contribution in [2.24, 2.45) is 0 Å². The van der Waals surface area contributed by atoms with Gasteiger partial charge in [0.05, 0.1) is 6.42 Å². The van der Waals surface area contributed by atoms with Crippen LogP contribution in [0.1, 0.15) is 19.8 Å². The van der Waals surface area contributed by atoms with E-state index in [-0.39, 0.29) is 5.97 Å². The first-order valence-corrected chi connectivity index (χ1v) is 2.91. The third kappa shape index (κ3) is 5.07. The molecule has 0 unspecified atom stereocenters. The predicted molar refractivity (Wildman–Crippen MR) is 35.5 cm³/mol. The van der Waals surface area contributed by atoms with Gasteiger partial charge in [-0.25, -0.2) is 0 Å². The number of carbonyl (C=O) groups is 1. The Kier molecular flexibility index (Phi) is 4.88. The molecule has 0 aromatic rings. The van der Waals surface area contributed by atoms with Gasteiger partial charge >= 0.3 is 5.97 Å². The number of carbonyl (C=O) groups excluding carboxylic acids is 1. The summed E-state index contributed by atoms with van der Waals surface area (Å²) in [7, 11) is 2.98. The van der Waals surface area contributed by atoms with Crippen molar-refractivity contribution in [2.75, 3.05) is 0 Å². The number of allylic oxidation sites excluding steroid dienone is 1. The summed E-state index contributed by atoms with van der Waals surface area (Å²) in [6.45, 7) is 2.01. The number of hydrogen-bond acceptors (Lipinski definition) is 2. The van der Waals surface area contributed by atoms with E-state index >= 15 is 0 Å². The van der Waals surface area contributed by atoms with E-state index in [1.165, 1.54) is 0 Å². The van der Waals surface area contributed by atoms with Gasteiger partial charge in [0.25, 0.3) is 0 Å². The molecule has 0 saturated heterocycles. The monoisotopic (exact) mass is 127 g/mol. The molecule has 0 spiro atoms.